The van der Waals surface area contributed by atoms with Crippen LogP contribution in [0.2, 0.25) is 0 Å². The van der Waals surface area contributed by atoms with Crippen molar-refractivity contribution in [3.63, 3.8) is 0 Å². The number of aryl methyl sites for hydroxylation is 1. The second-order valence-corrected chi connectivity index (χ2v) is 6.86. The van der Waals surface area contributed by atoms with E-state index < -0.39 is 0 Å². The molecule has 2 atom stereocenters. The summed E-state index contributed by atoms with van der Waals surface area (Å²) in [6.45, 7) is 2.38. The summed E-state index contributed by atoms with van der Waals surface area (Å²) in [5.41, 5.74) is 1.08. The van der Waals surface area contributed by atoms with E-state index in [0.29, 0.717) is 45.6 Å². The van der Waals surface area contributed by atoms with Gasteiger partial charge < -0.3 is 14.5 Å². The van der Waals surface area contributed by atoms with Gasteiger partial charge in [-0.25, -0.2) is 4.68 Å². The van der Waals surface area contributed by atoms with Crippen molar-refractivity contribution in [2.45, 2.75) is 38.1 Å². The number of tetrazole rings is 1. The quantitative estimate of drug-likeness (QED) is 0.741. The molecule has 3 heterocycles. The van der Waals surface area contributed by atoms with Crippen LogP contribution in [0.3, 0.4) is 0 Å². The molecule has 0 N–H and O–H groups in total. The lowest BCUT2D eigenvalue weighted by atomic mass is 10.1. The standard InChI is InChI=1S/C18H22N6O3/c25-17(6-8-23-13-19-20-21-23)22-11-15-16(12-22)27-9-7-18(26)24(15)10-14-4-2-1-3-5-14/h1-5,13,15-16H,6-12H2/t15-,16-/m0/s1. The summed E-state index contributed by atoms with van der Waals surface area (Å²) >= 11 is 0. The summed E-state index contributed by atoms with van der Waals surface area (Å²) in [5, 5.41) is 10.9. The van der Waals surface area contributed by atoms with Gasteiger partial charge in [-0.3, -0.25) is 9.59 Å². The van der Waals surface area contributed by atoms with Crippen LogP contribution in [0, 0.1) is 0 Å². The SMILES string of the molecule is O=C(CCn1cnnn1)N1C[C@@H]2OCCC(=O)N(Cc3ccccc3)[C@H]2C1. The Bertz CT molecular complexity index is 782. The summed E-state index contributed by atoms with van der Waals surface area (Å²) < 4.78 is 7.44. The Morgan fingerprint density at radius 2 is 2.07 bits per heavy atom. The highest BCUT2D eigenvalue weighted by Crippen LogP contribution is 2.25. The van der Waals surface area contributed by atoms with Gasteiger partial charge in [-0.15, -0.1) is 5.10 Å². The van der Waals surface area contributed by atoms with Crippen LogP contribution in [0.4, 0.5) is 0 Å². The van der Waals surface area contributed by atoms with E-state index in [-0.39, 0.29) is 24.0 Å². The number of ether oxygens (including phenoxy) is 1. The summed E-state index contributed by atoms with van der Waals surface area (Å²) in [7, 11) is 0. The molecule has 1 aromatic carbocycles. The molecule has 2 aliphatic heterocycles. The minimum atomic E-state index is -0.142. The summed E-state index contributed by atoms with van der Waals surface area (Å²) in [4.78, 5) is 28.9. The monoisotopic (exact) mass is 370 g/mol. The second kappa shape index (κ2) is 7.83. The highest BCUT2D eigenvalue weighted by atomic mass is 16.5. The average molecular weight is 370 g/mol. The van der Waals surface area contributed by atoms with Crippen molar-refractivity contribution in [1.29, 1.82) is 0 Å². The van der Waals surface area contributed by atoms with Crippen LogP contribution in [-0.2, 0) is 27.4 Å². The van der Waals surface area contributed by atoms with Gasteiger partial charge in [-0.1, -0.05) is 30.3 Å². The van der Waals surface area contributed by atoms with Crippen LogP contribution in [0.25, 0.3) is 0 Å². The van der Waals surface area contributed by atoms with Crippen LogP contribution < -0.4 is 0 Å². The molecule has 0 spiro atoms. The van der Waals surface area contributed by atoms with Gasteiger partial charge in [0.25, 0.3) is 0 Å². The summed E-state index contributed by atoms with van der Waals surface area (Å²) in [6, 6.07) is 9.80. The molecule has 27 heavy (non-hydrogen) atoms. The molecule has 2 fully saturated rings. The number of amides is 2. The van der Waals surface area contributed by atoms with E-state index >= 15 is 0 Å². The van der Waals surface area contributed by atoms with Crippen molar-refractivity contribution in [2.75, 3.05) is 19.7 Å². The van der Waals surface area contributed by atoms with Crippen molar-refractivity contribution in [1.82, 2.24) is 30.0 Å². The molecule has 0 radical (unpaired) electrons. The number of fused-ring (bicyclic) bond motifs is 1. The normalized spacial score (nSPS) is 22.6. The fourth-order valence-electron chi connectivity index (χ4n) is 3.69. The lowest BCUT2D eigenvalue weighted by molar-refractivity contribution is -0.135. The van der Waals surface area contributed by atoms with Gasteiger partial charge >= 0.3 is 0 Å². The first kappa shape index (κ1) is 17.6. The molecular weight excluding hydrogens is 348 g/mol. The number of carbonyl (C=O) groups excluding carboxylic acids is 2. The Hall–Kier alpha value is -2.81. The lowest BCUT2D eigenvalue weighted by Crippen LogP contribution is -2.45. The molecule has 0 saturated carbocycles. The van der Waals surface area contributed by atoms with Crippen LogP contribution in [0.1, 0.15) is 18.4 Å². The van der Waals surface area contributed by atoms with Crippen molar-refractivity contribution < 1.29 is 14.3 Å². The highest BCUT2D eigenvalue weighted by Gasteiger charge is 2.42. The maximum Gasteiger partial charge on any atom is 0.225 e. The molecule has 2 amide bonds. The molecule has 0 unspecified atom stereocenters. The molecule has 2 aliphatic rings. The smallest absolute Gasteiger partial charge is 0.225 e. The fourth-order valence-corrected chi connectivity index (χ4v) is 3.69. The lowest BCUT2D eigenvalue weighted by Gasteiger charge is -2.29. The first-order valence-electron chi connectivity index (χ1n) is 9.14. The van der Waals surface area contributed by atoms with E-state index in [1.54, 1.807) is 4.90 Å². The molecule has 4 rings (SSSR count). The molecule has 9 heteroatoms. The largest absolute Gasteiger partial charge is 0.374 e. The van der Waals surface area contributed by atoms with E-state index in [2.05, 4.69) is 15.5 Å². The molecule has 9 nitrogen and oxygen atoms in total. The van der Waals surface area contributed by atoms with Gasteiger partial charge in [0.15, 0.2) is 0 Å². The highest BCUT2D eigenvalue weighted by molar-refractivity contribution is 5.79. The van der Waals surface area contributed by atoms with Gasteiger partial charge in [-0.2, -0.15) is 0 Å². The number of aromatic nitrogens is 4. The van der Waals surface area contributed by atoms with Crippen LogP contribution >= 0.6 is 0 Å². The van der Waals surface area contributed by atoms with Crippen LogP contribution in [-0.4, -0.2) is 73.7 Å². The topological polar surface area (TPSA) is 93.5 Å². The minimum absolute atomic E-state index is 0.0225. The number of benzene rings is 1. The number of carbonyl (C=O) groups is 2. The summed E-state index contributed by atoms with van der Waals surface area (Å²) in [6.07, 6.45) is 2.05. The third kappa shape index (κ3) is 3.97. The van der Waals surface area contributed by atoms with Crippen LogP contribution in [0.15, 0.2) is 36.7 Å². The zero-order valence-corrected chi connectivity index (χ0v) is 15.0. The van der Waals surface area contributed by atoms with E-state index in [1.165, 1.54) is 11.0 Å². The van der Waals surface area contributed by atoms with Gasteiger partial charge in [0.2, 0.25) is 11.8 Å². The molecule has 2 saturated heterocycles. The van der Waals surface area contributed by atoms with E-state index in [9.17, 15) is 9.59 Å². The predicted octanol–water partition coefficient (Wildman–Crippen LogP) is 0.0917. The van der Waals surface area contributed by atoms with Crippen molar-refractivity contribution in [3.05, 3.63) is 42.2 Å². The predicted molar refractivity (Wildman–Crippen MR) is 94.2 cm³/mol. The van der Waals surface area contributed by atoms with E-state index in [4.69, 9.17) is 4.74 Å². The zero-order valence-electron chi connectivity index (χ0n) is 15.0. The fraction of sp³-hybridized carbons (Fsp3) is 0.500. The first-order valence-corrected chi connectivity index (χ1v) is 9.14. The molecule has 0 bridgehead atoms. The maximum atomic E-state index is 12.6. The van der Waals surface area contributed by atoms with Crippen LogP contribution in [0.5, 0.6) is 0 Å². The second-order valence-electron chi connectivity index (χ2n) is 6.86. The number of likely N-dealkylation sites (tertiary alicyclic amines) is 1. The Balaban J connectivity index is 1.43. The molecule has 1 aromatic heterocycles. The number of hydrogen-bond donors (Lipinski definition) is 0. The van der Waals surface area contributed by atoms with Gasteiger partial charge in [0.1, 0.15) is 6.33 Å². The first-order chi connectivity index (χ1) is 13.2. The van der Waals surface area contributed by atoms with E-state index in [1.807, 2.05) is 35.2 Å². The van der Waals surface area contributed by atoms with E-state index in [0.717, 1.165) is 5.56 Å². The number of nitrogens with zero attached hydrogens (tertiary/aromatic N) is 6. The third-order valence-corrected chi connectivity index (χ3v) is 5.10. The zero-order chi connectivity index (χ0) is 18.6. The molecule has 142 valence electrons. The molecule has 0 aliphatic carbocycles. The number of hydrogen-bond acceptors (Lipinski definition) is 6. The van der Waals surface area contributed by atoms with Gasteiger partial charge in [-0.05, 0) is 16.0 Å². The summed E-state index contributed by atoms with van der Waals surface area (Å²) in [5.74, 6) is 0.101. The third-order valence-electron chi connectivity index (χ3n) is 5.10. The Morgan fingerprint density at radius 3 is 2.85 bits per heavy atom. The van der Waals surface area contributed by atoms with Crippen molar-refractivity contribution in [2.24, 2.45) is 0 Å². The van der Waals surface area contributed by atoms with Gasteiger partial charge in [0, 0.05) is 26.1 Å². The number of rotatable bonds is 5. The Labute approximate surface area is 156 Å². The Kier molecular flexibility index (Phi) is 5.10. The molecular formula is C18H22N6O3. The minimum Gasteiger partial charge on any atom is -0.374 e. The van der Waals surface area contributed by atoms with Crippen molar-refractivity contribution >= 4 is 11.8 Å². The maximum absolute atomic E-state index is 12.6. The van der Waals surface area contributed by atoms with Gasteiger partial charge in [0.05, 0.1) is 31.7 Å². The Morgan fingerprint density at radius 1 is 1.22 bits per heavy atom. The van der Waals surface area contributed by atoms with Crippen molar-refractivity contribution in [3.8, 4) is 0 Å². The molecule has 2 aromatic rings. The average Bonchev–Trinajstić information content (AvgIpc) is 3.32.